The average Bonchev–Trinajstić information content (AvgIpc) is 2.80. The zero-order chi connectivity index (χ0) is 14.7. The number of nitrogens with one attached hydrogen (secondary N) is 1. The van der Waals surface area contributed by atoms with E-state index in [4.69, 9.17) is 4.74 Å². The molecule has 0 bridgehead atoms. The van der Waals surface area contributed by atoms with Gasteiger partial charge in [0.1, 0.15) is 11.5 Å². The molecule has 1 fully saturated rings. The molecule has 21 heavy (non-hydrogen) atoms. The summed E-state index contributed by atoms with van der Waals surface area (Å²) in [5.74, 6) is 0.964. The number of rotatable bonds is 3. The van der Waals surface area contributed by atoms with Crippen LogP contribution in [0.3, 0.4) is 0 Å². The molecule has 0 spiro atoms. The number of amides is 2. The Morgan fingerprint density at radius 2 is 1.67 bits per heavy atom. The molecule has 0 unspecified atom stereocenters. The Morgan fingerprint density at radius 3 is 2.38 bits per heavy atom. The van der Waals surface area contributed by atoms with Gasteiger partial charge in [0.2, 0.25) is 0 Å². The monoisotopic (exact) mass is 297 g/mol. The molecule has 1 heterocycles. The molecule has 1 aliphatic rings. The summed E-state index contributed by atoms with van der Waals surface area (Å²) in [7, 11) is 0. The van der Waals surface area contributed by atoms with Gasteiger partial charge in [0, 0.05) is 5.56 Å². The van der Waals surface area contributed by atoms with E-state index < -0.39 is 0 Å². The van der Waals surface area contributed by atoms with Gasteiger partial charge in [-0.05, 0) is 36.0 Å². The van der Waals surface area contributed by atoms with E-state index in [1.165, 1.54) is 0 Å². The Morgan fingerprint density at radius 1 is 0.952 bits per heavy atom. The number of thioether (sulfide) groups is 1. The summed E-state index contributed by atoms with van der Waals surface area (Å²) in [6, 6.07) is 16.7. The van der Waals surface area contributed by atoms with E-state index in [2.05, 4.69) is 5.32 Å². The van der Waals surface area contributed by atoms with Crippen molar-refractivity contribution in [3.63, 3.8) is 0 Å². The second-order valence-electron chi connectivity index (χ2n) is 4.31. The van der Waals surface area contributed by atoms with Crippen molar-refractivity contribution >= 4 is 29.0 Å². The van der Waals surface area contributed by atoms with Crippen molar-refractivity contribution in [2.45, 2.75) is 0 Å². The fourth-order valence-electron chi connectivity index (χ4n) is 1.87. The lowest BCUT2D eigenvalue weighted by molar-refractivity contribution is -0.115. The third-order valence-electron chi connectivity index (χ3n) is 2.82. The quantitative estimate of drug-likeness (QED) is 0.875. The first-order valence-electron chi connectivity index (χ1n) is 6.29. The summed E-state index contributed by atoms with van der Waals surface area (Å²) in [4.78, 5) is 23.2. The molecule has 2 aromatic carbocycles. The van der Waals surface area contributed by atoms with Crippen molar-refractivity contribution in [1.82, 2.24) is 5.32 Å². The van der Waals surface area contributed by atoms with Gasteiger partial charge < -0.3 is 4.74 Å². The van der Waals surface area contributed by atoms with Crippen LogP contribution in [-0.2, 0) is 4.79 Å². The topological polar surface area (TPSA) is 55.4 Å². The molecule has 0 atom stereocenters. The van der Waals surface area contributed by atoms with Crippen LogP contribution in [0.1, 0.15) is 5.56 Å². The summed E-state index contributed by atoms with van der Waals surface area (Å²) in [5, 5.41) is 1.88. The van der Waals surface area contributed by atoms with Crippen LogP contribution in [0.4, 0.5) is 4.79 Å². The third kappa shape index (κ3) is 3.14. The summed E-state index contributed by atoms with van der Waals surface area (Å²) in [6.45, 7) is 0. The van der Waals surface area contributed by atoms with Crippen LogP contribution in [0.25, 0.3) is 6.08 Å². The Bertz CT molecular complexity index is 725. The Hall–Kier alpha value is -2.53. The van der Waals surface area contributed by atoms with Crippen molar-refractivity contribution in [3.05, 3.63) is 65.1 Å². The SMILES string of the molecule is O=C1NC(=O)/C(=C\c2ccccc2Oc2ccccc2)S1. The molecule has 1 N–H and O–H groups in total. The van der Waals surface area contributed by atoms with E-state index >= 15 is 0 Å². The van der Waals surface area contributed by atoms with E-state index in [0.717, 1.165) is 17.3 Å². The van der Waals surface area contributed by atoms with E-state index in [9.17, 15) is 9.59 Å². The van der Waals surface area contributed by atoms with Gasteiger partial charge in [0.15, 0.2) is 0 Å². The highest BCUT2D eigenvalue weighted by molar-refractivity contribution is 8.18. The fraction of sp³-hybridized carbons (Fsp3) is 0. The third-order valence-corrected chi connectivity index (χ3v) is 3.63. The minimum atomic E-state index is -0.375. The molecule has 0 saturated carbocycles. The summed E-state index contributed by atoms with van der Waals surface area (Å²) in [6.07, 6.45) is 1.66. The molecule has 2 aromatic rings. The molecular weight excluding hydrogens is 286 g/mol. The van der Waals surface area contributed by atoms with E-state index in [0.29, 0.717) is 16.4 Å². The first-order valence-corrected chi connectivity index (χ1v) is 7.11. The molecule has 4 nitrogen and oxygen atoms in total. The number of para-hydroxylation sites is 2. The van der Waals surface area contributed by atoms with Crippen LogP contribution in [-0.4, -0.2) is 11.1 Å². The molecule has 5 heteroatoms. The molecule has 0 aliphatic carbocycles. The van der Waals surface area contributed by atoms with Crippen molar-refractivity contribution < 1.29 is 14.3 Å². The predicted octanol–water partition coefficient (Wildman–Crippen LogP) is 3.80. The van der Waals surface area contributed by atoms with Crippen LogP contribution < -0.4 is 10.1 Å². The number of hydrogen-bond donors (Lipinski definition) is 1. The van der Waals surface area contributed by atoms with Crippen molar-refractivity contribution in [2.75, 3.05) is 0 Å². The normalized spacial score (nSPS) is 16.1. The van der Waals surface area contributed by atoms with Crippen LogP contribution in [0.2, 0.25) is 0 Å². The number of ether oxygens (including phenoxy) is 1. The van der Waals surface area contributed by atoms with Crippen LogP contribution in [0.5, 0.6) is 11.5 Å². The molecule has 1 aliphatic heterocycles. The standard InChI is InChI=1S/C16H11NO3S/c18-15-14(21-16(19)17-15)10-11-6-4-5-9-13(11)20-12-7-2-1-3-8-12/h1-10H,(H,17,18,19)/b14-10+. The van der Waals surface area contributed by atoms with Gasteiger partial charge in [-0.2, -0.15) is 0 Å². The Balaban J connectivity index is 1.92. The maximum atomic E-state index is 11.6. The van der Waals surface area contributed by atoms with Crippen LogP contribution in [0.15, 0.2) is 59.5 Å². The zero-order valence-electron chi connectivity index (χ0n) is 10.9. The molecular formula is C16H11NO3S. The van der Waals surface area contributed by atoms with Crippen molar-refractivity contribution in [2.24, 2.45) is 0 Å². The predicted molar refractivity (Wildman–Crippen MR) is 82.1 cm³/mol. The number of benzene rings is 2. The highest BCUT2D eigenvalue weighted by Gasteiger charge is 2.25. The molecule has 2 amide bonds. The van der Waals surface area contributed by atoms with Crippen molar-refractivity contribution in [3.8, 4) is 11.5 Å². The fourth-order valence-corrected chi connectivity index (χ4v) is 2.54. The maximum absolute atomic E-state index is 11.6. The first-order chi connectivity index (χ1) is 10.2. The maximum Gasteiger partial charge on any atom is 0.290 e. The van der Waals surface area contributed by atoms with Gasteiger partial charge in [-0.3, -0.25) is 14.9 Å². The molecule has 0 radical (unpaired) electrons. The van der Waals surface area contributed by atoms with Gasteiger partial charge in [-0.25, -0.2) is 0 Å². The Labute approximate surface area is 125 Å². The minimum absolute atomic E-state index is 0.354. The second kappa shape index (κ2) is 5.85. The van der Waals surface area contributed by atoms with E-state index in [-0.39, 0.29) is 11.1 Å². The summed E-state index contributed by atoms with van der Waals surface area (Å²) in [5.41, 5.74) is 0.744. The van der Waals surface area contributed by atoms with Crippen molar-refractivity contribution in [1.29, 1.82) is 0 Å². The number of carbonyl (C=O) groups is 2. The lowest BCUT2D eigenvalue weighted by atomic mass is 10.2. The van der Waals surface area contributed by atoms with Gasteiger partial charge >= 0.3 is 0 Å². The zero-order valence-corrected chi connectivity index (χ0v) is 11.7. The highest BCUT2D eigenvalue weighted by atomic mass is 32.2. The van der Waals surface area contributed by atoms with E-state index in [1.807, 2.05) is 54.6 Å². The van der Waals surface area contributed by atoms with Crippen LogP contribution >= 0.6 is 11.8 Å². The van der Waals surface area contributed by atoms with Gasteiger partial charge in [0.25, 0.3) is 11.1 Å². The second-order valence-corrected chi connectivity index (χ2v) is 5.32. The Kier molecular flexibility index (Phi) is 3.75. The van der Waals surface area contributed by atoms with Gasteiger partial charge in [-0.1, -0.05) is 36.4 Å². The number of imide groups is 1. The van der Waals surface area contributed by atoms with Gasteiger partial charge in [0.05, 0.1) is 4.91 Å². The first kappa shape index (κ1) is 13.5. The lowest BCUT2D eigenvalue weighted by Crippen LogP contribution is -2.17. The number of hydrogen-bond acceptors (Lipinski definition) is 4. The van der Waals surface area contributed by atoms with Crippen LogP contribution in [0, 0.1) is 0 Å². The average molecular weight is 297 g/mol. The summed E-state index contributed by atoms with van der Waals surface area (Å²) < 4.78 is 5.81. The molecule has 3 rings (SSSR count). The van der Waals surface area contributed by atoms with Gasteiger partial charge in [-0.15, -0.1) is 0 Å². The van der Waals surface area contributed by atoms with E-state index in [1.54, 1.807) is 6.08 Å². The largest absolute Gasteiger partial charge is 0.457 e. The smallest absolute Gasteiger partial charge is 0.290 e. The molecule has 1 saturated heterocycles. The molecule has 0 aromatic heterocycles. The lowest BCUT2D eigenvalue weighted by Gasteiger charge is -2.08. The minimum Gasteiger partial charge on any atom is -0.457 e. The highest BCUT2D eigenvalue weighted by Crippen LogP contribution is 2.31. The number of carbonyl (C=O) groups excluding carboxylic acids is 2. The summed E-state index contributed by atoms with van der Waals surface area (Å²) >= 11 is 0.889. The molecule has 104 valence electrons.